The maximum absolute atomic E-state index is 13.2. The second-order valence-corrected chi connectivity index (χ2v) is 9.49. The van der Waals surface area contributed by atoms with Crippen molar-refractivity contribution >= 4 is 18.0 Å². The molecule has 2 N–H and O–H groups in total. The van der Waals surface area contributed by atoms with Crippen LogP contribution in [0.2, 0.25) is 0 Å². The molecule has 1 saturated heterocycles. The molecule has 8 nitrogen and oxygen atoms in total. The molecule has 0 bridgehead atoms. The molecule has 2 fully saturated rings. The summed E-state index contributed by atoms with van der Waals surface area (Å²) in [5.41, 5.74) is 4.65. The number of carbonyl (C=O) groups excluding carboxylic acids is 2. The number of morpholine rings is 1. The van der Waals surface area contributed by atoms with Crippen LogP contribution in [0, 0.1) is 5.92 Å². The molecule has 1 aliphatic heterocycles. The summed E-state index contributed by atoms with van der Waals surface area (Å²) in [7, 11) is 0. The van der Waals surface area contributed by atoms with Crippen LogP contribution in [-0.2, 0) is 19.1 Å². The molecule has 2 amide bonds. The predicted molar refractivity (Wildman–Crippen MR) is 128 cm³/mol. The van der Waals surface area contributed by atoms with Crippen molar-refractivity contribution in [1.82, 2.24) is 10.2 Å². The maximum atomic E-state index is 13.2. The Hall–Kier alpha value is -3.39. The Balaban J connectivity index is 1.19. The van der Waals surface area contributed by atoms with Gasteiger partial charge in [0, 0.05) is 25.0 Å². The Kier molecular flexibility index (Phi) is 6.72. The number of carboxylic acids is 1. The molecular formula is C27H30N2O6. The lowest BCUT2D eigenvalue weighted by Crippen LogP contribution is -2.51. The summed E-state index contributed by atoms with van der Waals surface area (Å²) in [5, 5.41) is 12.0. The monoisotopic (exact) mass is 478 g/mol. The number of fused-ring (bicyclic) bond motifs is 3. The molecule has 0 aromatic heterocycles. The lowest BCUT2D eigenvalue weighted by Gasteiger charge is -2.35. The minimum atomic E-state index is -0.944. The zero-order valence-electron chi connectivity index (χ0n) is 19.5. The molecule has 8 heteroatoms. The first-order chi connectivity index (χ1) is 17.0. The van der Waals surface area contributed by atoms with E-state index in [-0.39, 0.29) is 43.4 Å². The summed E-state index contributed by atoms with van der Waals surface area (Å²) in [5.74, 6) is -1.35. The average Bonchev–Trinajstić information content (AvgIpc) is 3.44. The highest BCUT2D eigenvalue weighted by atomic mass is 16.5. The van der Waals surface area contributed by atoms with E-state index in [4.69, 9.17) is 14.6 Å². The van der Waals surface area contributed by atoms with Gasteiger partial charge in [0.15, 0.2) is 0 Å². The van der Waals surface area contributed by atoms with Gasteiger partial charge in [-0.3, -0.25) is 9.59 Å². The summed E-state index contributed by atoms with van der Waals surface area (Å²) >= 11 is 0. The van der Waals surface area contributed by atoms with Crippen molar-refractivity contribution in [3.05, 3.63) is 59.7 Å². The highest BCUT2D eigenvalue weighted by Crippen LogP contribution is 2.44. The van der Waals surface area contributed by atoms with Crippen molar-refractivity contribution in [1.29, 1.82) is 0 Å². The van der Waals surface area contributed by atoms with Crippen LogP contribution in [-0.4, -0.2) is 66.4 Å². The molecule has 1 unspecified atom stereocenters. The largest absolute Gasteiger partial charge is 0.481 e. The molecule has 3 aliphatic rings. The van der Waals surface area contributed by atoms with Crippen LogP contribution in [0.4, 0.5) is 4.79 Å². The minimum Gasteiger partial charge on any atom is -0.481 e. The smallest absolute Gasteiger partial charge is 0.407 e. The molecule has 5 rings (SSSR count). The van der Waals surface area contributed by atoms with Gasteiger partial charge in [0.1, 0.15) is 6.61 Å². The van der Waals surface area contributed by atoms with Crippen molar-refractivity contribution in [2.75, 3.05) is 26.3 Å². The zero-order valence-corrected chi connectivity index (χ0v) is 19.5. The van der Waals surface area contributed by atoms with Gasteiger partial charge in [0.2, 0.25) is 5.91 Å². The molecule has 2 aromatic carbocycles. The van der Waals surface area contributed by atoms with Gasteiger partial charge in [-0.1, -0.05) is 55.0 Å². The number of carboxylic acid groups (broad SMARTS) is 1. The SMILES string of the molecule is O=C(O)CC1CN(C(=O)[C@H]2CCC[C@H]2NC(=O)OCC2c3ccccc3-c3ccccc32)CCO1. The third kappa shape index (κ3) is 4.89. The Morgan fingerprint density at radius 3 is 2.40 bits per heavy atom. The lowest BCUT2D eigenvalue weighted by molar-refractivity contribution is -0.150. The lowest BCUT2D eigenvalue weighted by atomic mass is 9.98. The molecule has 35 heavy (non-hydrogen) atoms. The fourth-order valence-corrected chi connectivity index (χ4v) is 5.69. The Morgan fingerprint density at radius 2 is 1.71 bits per heavy atom. The van der Waals surface area contributed by atoms with Gasteiger partial charge < -0.3 is 24.8 Å². The number of amides is 2. The fraction of sp³-hybridized carbons (Fsp3) is 0.444. The number of carbonyl (C=O) groups is 3. The second-order valence-electron chi connectivity index (χ2n) is 9.49. The topological polar surface area (TPSA) is 105 Å². The van der Waals surface area contributed by atoms with Crippen LogP contribution in [0.1, 0.15) is 42.7 Å². The van der Waals surface area contributed by atoms with Gasteiger partial charge in [0.25, 0.3) is 0 Å². The first kappa shape index (κ1) is 23.4. The number of ether oxygens (including phenoxy) is 2. The fourth-order valence-electron chi connectivity index (χ4n) is 5.69. The molecular weight excluding hydrogens is 448 g/mol. The van der Waals surface area contributed by atoms with Crippen LogP contribution in [0.3, 0.4) is 0 Å². The first-order valence-corrected chi connectivity index (χ1v) is 12.2. The van der Waals surface area contributed by atoms with Gasteiger partial charge in [0.05, 0.1) is 25.0 Å². The van der Waals surface area contributed by atoms with E-state index in [1.165, 1.54) is 11.1 Å². The zero-order chi connectivity index (χ0) is 24.4. The van der Waals surface area contributed by atoms with Gasteiger partial charge >= 0.3 is 12.1 Å². The summed E-state index contributed by atoms with van der Waals surface area (Å²) in [6.07, 6.45) is 1.10. The third-order valence-corrected chi connectivity index (χ3v) is 7.33. The van der Waals surface area contributed by atoms with E-state index in [0.29, 0.717) is 26.0 Å². The third-order valence-electron chi connectivity index (χ3n) is 7.33. The number of hydrogen-bond acceptors (Lipinski definition) is 5. The van der Waals surface area contributed by atoms with Gasteiger partial charge in [-0.15, -0.1) is 0 Å². The minimum absolute atomic E-state index is 0.0197. The normalized spacial score (nSPS) is 23.4. The van der Waals surface area contributed by atoms with E-state index in [1.54, 1.807) is 4.90 Å². The van der Waals surface area contributed by atoms with Gasteiger partial charge in [-0.25, -0.2) is 4.79 Å². The van der Waals surface area contributed by atoms with Crippen LogP contribution < -0.4 is 5.32 Å². The van der Waals surface area contributed by atoms with Crippen LogP contribution >= 0.6 is 0 Å². The van der Waals surface area contributed by atoms with E-state index >= 15 is 0 Å². The van der Waals surface area contributed by atoms with Crippen molar-refractivity contribution in [3.8, 4) is 11.1 Å². The number of hydrogen-bond donors (Lipinski definition) is 2. The first-order valence-electron chi connectivity index (χ1n) is 12.2. The van der Waals surface area contributed by atoms with Crippen molar-refractivity contribution < 1.29 is 29.0 Å². The quantitative estimate of drug-likeness (QED) is 0.659. The number of nitrogens with one attached hydrogen (secondary N) is 1. The van der Waals surface area contributed by atoms with Crippen LogP contribution in [0.15, 0.2) is 48.5 Å². The Bertz CT molecular complexity index is 1070. The molecule has 0 spiro atoms. The summed E-state index contributed by atoms with van der Waals surface area (Å²) in [4.78, 5) is 38.7. The standard InChI is InChI=1S/C27H30N2O6/c30-25(31)14-17-15-29(12-13-34-17)26(32)22-10-5-11-24(22)28-27(33)35-16-23-20-8-3-1-6-18(20)19-7-2-4-9-21(19)23/h1-4,6-9,17,22-24H,5,10-16H2,(H,28,33)(H,30,31)/t17?,22-,24+/m0/s1. The van der Waals surface area contributed by atoms with E-state index in [1.807, 2.05) is 24.3 Å². The summed E-state index contributed by atoms with van der Waals surface area (Å²) in [6.45, 7) is 1.24. The maximum Gasteiger partial charge on any atom is 0.407 e. The summed E-state index contributed by atoms with van der Waals surface area (Å²) < 4.78 is 11.2. The number of benzene rings is 2. The number of nitrogens with zero attached hydrogens (tertiary/aromatic N) is 1. The molecule has 1 heterocycles. The Labute approximate surface area is 204 Å². The number of alkyl carbamates (subject to hydrolysis) is 1. The summed E-state index contributed by atoms with van der Waals surface area (Å²) in [6, 6.07) is 16.1. The highest BCUT2D eigenvalue weighted by Gasteiger charge is 2.39. The number of aliphatic carboxylic acids is 1. The van der Waals surface area contributed by atoms with Gasteiger partial charge in [-0.05, 0) is 35.1 Å². The molecule has 2 aliphatic carbocycles. The molecule has 1 saturated carbocycles. The molecule has 2 aromatic rings. The van der Waals surface area contributed by atoms with Crippen LogP contribution in [0.25, 0.3) is 11.1 Å². The van der Waals surface area contributed by atoms with Crippen molar-refractivity contribution in [2.24, 2.45) is 5.92 Å². The van der Waals surface area contributed by atoms with E-state index < -0.39 is 18.2 Å². The average molecular weight is 479 g/mol. The van der Waals surface area contributed by atoms with E-state index in [0.717, 1.165) is 17.5 Å². The van der Waals surface area contributed by atoms with Crippen molar-refractivity contribution in [2.45, 2.75) is 43.7 Å². The Morgan fingerprint density at radius 1 is 1.03 bits per heavy atom. The van der Waals surface area contributed by atoms with Gasteiger partial charge in [-0.2, -0.15) is 0 Å². The molecule has 0 radical (unpaired) electrons. The van der Waals surface area contributed by atoms with E-state index in [9.17, 15) is 14.4 Å². The highest BCUT2D eigenvalue weighted by molar-refractivity contribution is 5.81. The molecule has 3 atom stereocenters. The second kappa shape index (κ2) is 10.1. The van der Waals surface area contributed by atoms with Crippen molar-refractivity contribution in [3.63, 3.8) is 0 Å². The van der Waals surface area contributed by atoms with E-state index in [2.05, 4.69) is 29.6 Å². The molecule has 184 valence electrons. The number of rotatable bonds is 6. The predicted octanol–water partition coefficient (Wildman–Crippen LogP) is 3.40. The van der Waals surface area contributed by atoms with Crippen LogP contribution in [0.5, 0.6) is 0 Å².